The van der Waals surface area contributed by atoms with Gasteiger partial charge in [0.25, 0.3) is 0 Å². The Kier molecular flexibility index (Phi) is 5.91. The van der Waals surface area contributed by atoms with Crippen molar-refractivity contribution in [3.05, 3.63) is 77.1 Å². The fourth-order valence-corrected chi connectivity index (χ4v) is 4.26. The molecule has 3 aromatic rings. The molecule has 0 aliphatic carbocycles. The van der Waals surface area contributed by atoms with Gasteiger partial charge in [-0.1, -0.05) is 17.7 Å². The average Bonchev–Trinajstić information content (AvgIpc) is 2.67. The minimum atomic E-state index is -3.81. The van der Waals surface area contributed by atoms with E-state index in [-0.39, 0.29) is 15.5 Å². The largest absolute Gasteiger partial charge is 0.352 e. The maximum absolute atomic E-state index is 13.1. The molecule has 3 rings (SSSR count). The first-order chi connectivity index (χ1) is 13.7. The first kappa shape index (κ1) is 20.8. The minimum Gasteiger partial charge on any atom is -0.286 e. The molecule has 0 radical (unpaired) electrons. The predicted octanol–water partition coefficient (Wildman–Crippen LogP) is 5.14. The first-order valence-corrected chi connectivity index (χ1v) is 10.3. The summed E-state index contributed by atoms with van der Waals surface area (Å²) in [5, 5.41) is 0.428. The van der Waals surface area contributed by atoms with Gasteiger partial charge in [0.1, 0.15) is 5.82 Å². The molecular formula is C21H16ClFO5S. The molecule has 150 valence electrons. The van der Waals surface area contributed by atoms with Gasteiger partial charge in [0.05, 0.1) is 9.79 Å². The number of benzene rings is 3. The molecule has 0 aliphatic rings. The smallest absolute Gasteiger partial charge is 0.286 e. The van der Waals surface area contributed by atoms with Crippen LogP contribution >= 0.6 is 11.6 Å². The maximum atomic E-state index is 13.1. The van der Waals surface area contributed by atoms with E-state index in [1.807, 2.05) is 0 Å². The van der Waals surface area contributed by atoms with E-state index < -0.39 is 21.6 Å². The summed E-state index contributed by atoms with van der Waals surface area (Å²) < 4.78 is 38.8. The molecule has 0 saturated heterocycles. The molecule has 0 saturated carbocycles. The number of halogens is 2. The Balaban J connectivity index is 2.03. The van der Waals surface area contributed by atoms with Crippen LogP contribution in [0.25, 0.3) is 11.1 Å². The molecule has 0 aliphatic heterocycles. The van der Waals surface area contributed by atoms with Gasteiger partial charge in [-0.2, -0.15) is 0 Å². The van der Waals surface area contributed by atoms with Gasteiger partial charge in [0.2, 0.25) is 9.84 Å². The zero-order valence-electron chi connectivity index (χ0n) is 15.5. The van der Waals surface area contributed by atoms with Crippen LogP contribution in [0.2, 0.25) is 5.02 Å². The van der Waals surface area contributed by atoms with Crippen molar-refractivity contribution in [1.82, 2.24) is 0 Å². The molecular weight excluding hydrogens is 419 g/mol. The summed E-state index contributed by atoms with van der Waals surface area (Å²) in [5.74, 6) is -0.887. The van der Waals surface area contributed by atoms with Gasteiger partial charge < -0.3 is 0 Å². The Labute approximate surface area is 172 Å². The number of rotatable bonds is 5. The lowest BCUT2D eigenvalue weighted by atomic mass is 10.00. The Bertz CT molecular complexity index is 1170. The van der Waals surface area contributed by atoms with E-state index in [1.165, 1.54) is 31.2 Å². The van der Waals surface area contributed by atoms with Crippen LogP contribution in [0, 0.1) is 12.7 Å². The second-order valence-electron chi connectivity index (χ2n) is 6.23. The molecule has 0 aromatic heterocycles. The van der Waals surface area contributed by atoms with Crippen molar-refractivity contribution in [2.45, 2.75) is 23.6 Å². The quantitative estimate of drug-likeness (QED) is 0.316. The monoisotopic (exact) mass is 434 g/mol. The lowest BCUT2D eigenvalue weighted by Crippen LogP contribution is -2.05. The Morgan fingerprint density at radius 1 is 0.931 bits per heavy atom. The van der Waals surface area contributed by atoms with Crippen LogP contribution in [-0.4, -0.2) is 14.4 Å². The van der Waals surface area contributed by atoms with Gasteiger partial charge in [0.15, 0.2) is 5.75 Å². The second-order valence-corrected chi connectivity index (χ2v) is 8.62. The molecule has 0 bridgehead atoms. The van der Waals surface area contributed by atoms with E-state index in [9.17, 15) is 17.6 Å². The van der Waals surface area contributed by atoms with Gasteiger partial charge in [-0.05, 0) is 72.6 Å². The molecule has 3 aromatic carbocycles. The Morgan fingerprint density at radius 2 is 1.59 bits per heavy atom. The molecule has 8 heteroatoms. The lowest BCUT2D eigenvalue weighted by Gasteiger charge is -2.13. The Hall–Kier alpha value is -2.90. The third kappa shape index (κ3) is 4.58. The lowest BCUT2D eigenvalue weighted by molar-refractivity contribution is -0.210. The molecule has 0 fully saturated rings. The van der Waals surface area contributed by atoms with Gasteiger partial charge in [0, 0.05) is 17.5 Å². The topological polar surface area (TPSA) is 69.7 Å². The highest BCUT2D eigenvalue weighted by Gasteiger charge is 2.20. The maximum Gasteiger partial charge on any atom is 0.352 e. The standard InChI is InChI=1S/C21H16ClFO5S/c1-13-11-18(29(25,26)17-6-4-16(23)5-7-17)8-9-19(13)20-12-15(22)3-10-21(20)28-27-14(2)24/h3-12H,1-2H3. The third-order valence-electron chi connectivity index (χ3n) is 4.11. The minimum absolute atomic E-state index is 0.00677. The normalized spacial score (nSPS) is 11.2. The number of hydrogen-bond donors (Lipinski definition) is 0. The van der Waals surface area contributed by atoms with Gasteiger partial charge in [-0.25, -0.2) is 17.6 Å². The highest BCUT2D eigenvalue weighted by atomic mass is 35.5. The zero-order chi connectivity index (χ0) is 21.2. The fourth-order valence-electron chi connectivity index (χ4n) is 2.74. The van der Waals surface area contributed by atoms with Crippen molar-refractivity contribution in [3.63, 3.8) is 0 Å². The highest BCUT2D eigenvalue weighted by molar-refractivity contribution is 7.91. The summed E-state index contributed by atoms with van der Waals surface area (Å²) >= 11 is 6.09. The van der Waals surface area contributed by atoms with Crippen LogP contribution < -0.4 is 4.89 Å². The van der Waals surface area contributed by atoms with Crippen molar-refractivity contribution in [2.24, 2.45) is 0 Å². The highest BCUT2D eigenvalue weighted by Crippen LogP contribution is 2.36. The van der Waals surface area contributed by atoms with Crippen LogP contribution in [0.4, 0.5) is 4.39 Å². The number of aryl methyl sites for hydroxylation is 1. The van der Waals surface area contributed by atoms with Crippen molar-refractivity contribution >= 4 is 27.4 Å². The van der Waals surface area contributed by atoms with Gasteiger partial charge in [-0.15, -0.1) is 0 Å². The van der Waals surface area contributed by atoms with E-state index in [0.717, 1.165) is 12.1 Å². The number of carbonyl (C=O) groups is 1. The molecule has 0 atom stereocenters. The summed E-state index contributed by atoms with van der Waals surface area (Å²) in [6, 6.07) is 13.9. The number of carbonyl (C=O) groups excluding carboxylic acids is 1. The van der Waals surface area contributed by atoms with E-state index in [4.69, 9.17) is 16.5 Å². The molecule has 0 amide bonds. The van der Waals surface area contributed by atoms with Crippen molar-refractivity contribution in [3.8, 4) is 16.9 Å². The molecule has 29 heavy (non-hydrogen) atoms. The summed E-state index contributed by atoms with van der Waals surface area (Å²) in [6.07, 6.45) is 0. The summed E-state index contributed by atoms with van der Waals surface area (Å²) in [7, 11) is -3.81. The first-order valence-electron chi connectivity index (χ1n) is 8.45. The van der Waals surface area contributed by atoms with E-state index in [2.05, 4.69) is 4.89 Å². The summed E-state index contributed by atoms with van der Waals surface area (Å²) in [6.45, 7) is 2.94. The zero-order valence-corrected chi connectivity index (χ0v) is 17.1. The van der Waals surface area contributed by atoms with Crippen LogP contribution in [0.1, 0.15) is 12.5 Å². The van der Waals surface area contributed by atoms with Crippen LogP contribution in [0.15, 0.2) is 70.5 Å². The second kappa shape index (κ2) is 8.23. The molecule has 0 N–H and O–H groups in total. The SMILES string of the molecule is CC(=O)OOc1ccc(Cl)cc1-c1ccc(S(=O)(=O)c2ccc(F)cc2)cc1C. The van der Waals surface area contributed by atoms with Crippen LogP contribution in [0.5, 0.6) is 5.75 Å². The van der Waals surface area contributed by atoms with E-state index in [0.29, 0.717) is 21.7 Å². The van der Waals surface area contributed by atoms with Crippen LogP contribution in [-0.2, 0) is 19.5 Å². The van der Waals surface area contributed by atoms with Crippen molar-refractivity contribution < 1.29 is 27.4 Å². The predicted molar refractivity (Wildman–Crippen MR) is 106 cm³/mol. The summed E-state index contributed by atoms with van der Waals surface area (Å²) in [5.41, 5.74) is 1.80. The fraction of sp³-hybridized carbons (Fsp3) is 0.0952. The van der Waals surface area contributed by atoms with Crippen LogP contribution in [0.3, 0.4) is 0 Å². The molecule has 0 heterocycles. The average molecular weight is 435 g/mol. The summed E-state index contributed by atoms with van der Waals surface area (Å²) in [4.78, 5) is 20.8. The van der Waals surface area contributed by atoms with Gasteiger partial charge in [-0.3, -0.25) is 9.78 Å². The number of sulfone groups is 1. The van der Waals surface area contributed by atoms with Gasteiger partial charge >= 0.3 is 5.97 Å². The number of hydrogen-bond acceptors (Lipinski definition) is 5. The molecule has 5 nitrogen and oxygen atoms in total. The van der Waals surface area contributed by atoms with Crippen molar-refractivity contribution in [1.29, 1.82) is 0 Å². The molecule has 0 unspecified atom stereocenters. The van der Waals surface area contributed by atoms with E-state index >= 15 is 0 Å². The third-order valence-corrected chi connectivity index (χ3v) is 6.12. The Morgan fingerprint density at radius 3 is 2.21 bits per heavy atom. The van der Waals surface area contributed by atoms with E-state index in [1.54, 1.807) is 31.2 Å². The van der Waals surface area contributed by atoms with Crippen molar-refractivity contribution in [2.75, 3.05) is 0 Å². The molecule has 0 spiro atoms.